The smallest absolute Gasteiger partial charge is 0.408 e. The molecule has 1 heterocycles. The van der Waals surface area contributed by atoms with E-state index in [1.807, 2.05) is 34.6 Å². The summed E-state index contributed by atoms with van der Waals surface area (Å²) in [6.07, 6.45) is 2.08. The molecule has 2 N–H and O–H groups in total. The number of alkyl carbamates (subject to hydrolysis) is 1. The van der Waals surface area contributed by atoms with E-state index < -0.39 is 11.7 Å². The molecule has 1 rings (SSSR count). The summed E-state index contributed by atoms with van der Waals surface area (Å²) < 4.78 is 5.21. The lowest BCUT2D eigenvalue weighted by atomic mass is 10.2. The summed E-state index contributed by atoms with van der Waals surface area (Å²) in [7, 11) is 0. The molecule has 1 atom stereocenters. The van der Waals surface area contributed by atoms with E-state index in [9.17, 15) is 4.79 Å². The van der Waals surface area contributed by atoms with Gasteiger partial charge in [-0.25, -0.2) is 9.78 Å². The van der Waals surface area contributed by atoms with Crippen LogP contribution >= 0.6 is 0 Å². The Morgan fingerprint density at radius 3 is 2.65 bits per heavy atom. The zero-order valence-corrected chi connectivity index (χ0v) is 11.1. The van der Waals surface area contributed by atoms with Crippen molar-refractivity contribution in [1.29, 1.82) is 0 Å². The van der Waals surface area contributed by atoms with E-state index in [1.54, 1.807) is 6.20 Å². The fraction of sp³-hybridized carbons (Fsp3) is 0.667. The molecule has 0 unspecified atom stereocenters. The summed E-state index contributed by atoms with van der Waals surface area (Å²) in [4.78, 5) is 19.0. The Morgan fingerprint density at radius 1 is 1.59 bits per heavy atom. The maximum absolute atomic E-state index is 11.6. The lowest BCUT2D eigenvalue weighted by molar-refractivity contribution is 0.0500. The third-order valence-corrected chi connectivity index (χ3v) is 2.15. The molecule has 0 bridgehead atoms. The number of ether oxygens (including phenoxy) is 1. The normalized spacial score (nSPS) is 13.2. The van der Waals surface area contributed by atoms with E-state index in [-0.39, 0.29) is 6.04 Å². The second-order valence-electron chi connectivity index (χ2n) is 5.06. The molecular formula is C12H21N3O2. The van der Waals surface area contributed by atoms with Gasteiger partial charge in [-0.15, -0.1) is 0 Å². The van der Waals surface area contributed by atoms with Crippen molar-refractivity contribution in [1.82, 2.24) is 15.3 Å². The fourth-order valence-electron chi connectivity index (χ4n) is 1.42. The summed E-state index contributed by atoms with van der Waals surface area (Å²) in [5.41, 5.74) is 0.492. The quantitative estimate of drug-likeness (QED) is 0.852. The van der Waals surface area contributed by atoms with Crippen molar-refractivity contribution in [3.05, 3.63) is 17.7 Å². The van der Waals surface area contributed by atoms with Gasteiger partial charge in [-0.05, 0) is 34.1 Å². The van der Waals surface area contributed by atoms with Gasteiger partial charge < -0.3 is 15.0 Å². The van der Waals surface area contributed by atoms with Crippen LogP contribution in [0.15, 0.2) is 6.20 Å². The van der Waals surface area contributed by atoms with Crippen LogP contribution < -0.4 is 5.32 Å². The predicted octanol–water partition coefficient (Wildman–Crippen LogP) is 2.69. The number of aryl methyl sites for hydroxylation is 1. The van der Waals surface area contributed by atoms with Crippen LogP contribution in [0.5, 0.6) is 0 Å². The third kappa shape index (κ3) is 4.46. The molecule has 0 radical (unpaired) electrons. The minimum Gasteiger partial charge on any atom is -0.444 e. The van der Waals surface area contributed by atoms with Crippen LogP contribution in [0.4, 0.5) is 4.79 Å². The lowest BCUT2D eigenvalue weighted by Gasteiger charge is -2.22. The summed E-state index contributed by atoms with van der Waals surface area (Å²) in [6, 6.07) is -0.140. The first-order valence-electron chi connectivity index (χ1n) is 5.83. The van der Waals surface area contributed by atoms with Crippen LogP contribution in [0.3, 0.4) is 0 Å². The van der Waals surface area contributed by atoms with Gasteiger partial charge >= 0.3 is 6.09 Å². The number of rotatable bonds is 3. The zero-order valence-electron chi connectivity index (χ0n) is 11.1. The Kier molecular flexibility index (Phi) is 4.15. The standard InChI is InChI=1S/C12H21N3O2/c1-6-9(10-13-7-8(2)14-10)15-11(16)17-12(3,4)5/h7,9H,6H2,1-5H3,(H,13,14)(H,15,16)/t9-/m0/s1. The maximum Gasteiger partial charge on any atom is 0.408 e. The Hall–Kier alpha value is -1.52. The first-order chi connectivity index (χ1) is 7.81. The van der Waals surface area contributed by atoms with Gasteiger partial charge in [-0.3, -0.25) is 0 Å². The Balaban J connectivity index is 2.62. The number of hydrogen-bond acceptors (Lipinski definition) is 3. The number of carbonyl (C=O) groups is 1. The Bertz CT molecular complexity index is 379. The molecule has 0 spiro atoms. The number of aromatic nitrogens is 2. The predicted molar refractivity (Wildman–Crippen MR) is 65.7 cm³/mol. The van der Waals surface area contributed by atoms with Crippen molar-refractivity contribution in [2.45, 2.75) is 52.7 Å². The molecule has 0 aliphatic carbocycles. The third-order valence-electron chi connectivity index (χ3n) is 2.15. The SMILES string of the molecule is CC[C@H](NC(=O)OC(C)(C)C)c1ncc(C)[nH]1. The Labute approximate surface area is 102 Å². The highest BCUT2D eigenvalue weighted by Gasteiger charge is 2.20. The van der Waals surface area contributed by atoms with Gasteiger partial charge in [0.05, 0.1) is 6.04 Å². The van der Waals surface area contributed by atoms with E-state index in [4.69, 9.17) is 4.74 Å². The summed E-state index contributed by atoms with van der Waals surface area (Å²) in [5, 5.41) is 2.80. The number of hydrogen-bond donors (Lipinski definition) is 2. The molecule has 0 saturated carbocycles. The highest BCUT2D eigenvalue weighted by Crippen LogP contribution is 2.14. The monoisotopic (exact) mass is 239 g/mol. The van der Waals surface area contributed by atoms with Gasteiger partial charge in [-0.1, -0.05) is 6.92 Å². The second kappa shape index (κ2) is 5.21. The molecule has 17 heavy (non-hydrogen) atoms. The number of carbonyl (C=O) groups excluding carboxylic acids is 1. The van der Waals surface area contributed by atoms with Crippen molar-refractivity contribution >= 4 is 6.09 Å². The molecule has 0 fully saturated rings. The van der Waals surface area contributed by atoms with Crippen molar-refractivity contribution in [3.63, 3.8) is 0 Å². The number of amides is 1. The molecule has 0 aromatic carbocycles. The minimum atomic E-state index is -0.485. The average Bonchev–Trinajstić information content (AvgIpc) is 2.58. The molecule has 1 amide bonds. The van der Waals surface area contributed by atoms with Crippen LogP contribution in [0.1, 0.15) is 51.7 Å². The molecule has 5 heteroatoms. The fourth-order valence-corrected chi connectivity index (χ4v) is 1.42. The minimum absolute atomic E-state index is 0.140. The van der Waals surface area contributed by atoms with Crippen LogP contribution in [0, 0.1) is 6.92 Å². The van der Waals surface area contributed by atoms with Crippen molar-refractivity contribution in [3.8, 4) is 0 Å². The van der Waals surface area contributed by atoms with E-state index in [0.29, 0.717) is 0 Å². The zero-order chi connectivity index (χ0) is 13.1. The van der Waals surface area contributed by atoms with E-state index in [2.05, 4.69) is 15.3 Å². The molecule has 0 saturated heterocycles. The summed E-state index contributed by atoms with van der Waals surface area (Å²) in [6.45, 7) is 9.43. The number of aromatic amines is 1. The molecule has 0 aliphatic rings. The molecular weight excluding hydrogens is 218 g/mol. The van der Waals surface area contributed by atoms with Crippen molar-refractivity contribution in [2.75, 3.05) is 0 Å². The van der Waals surface area contributed by atoms with Gasteiger partial charge in [0, 0.05) is 11.9 Å². The molecule has 5 nitrogen and oxygen atoms in total. The molecule has 0 aliphatic heterocycles. The van der Waals surface area contributed by atoms with E-state index in [0.717, 1.165) is 17.9 Å². The van der Waals surface area contributed by atoms with Crippen LogP contribution in [0.25, 0.3) is 0 Å². The second-order valence-corrected chi connectivity index (χ2v) is 5.06. The van der Waals surface area contributed by atoms with Crippen LogP contribution in [-0.2, 0) is 4.74 Å². The number of imidazole rings is 1. The van der Waals surface area contributed by atoms with Crippen LogP contribution in [-0.4, -0.2) is 21.7 Å². The van der Waals surface area contributed by atoms with Gasteiger partial charge in [0.15, 0.2) is 0 Å². The molecule has 1 aromatic rings. The maximum atomic E-state index is 11.6. The van der Waals surface area contributed by atoms with Gasteiger partial charge in [0.1, 0.15) is 11.4 Å². The number of H-pyrrole nitrogens is 1. The van der Waals surface area contributed by atoms with Gasteiger partial charge in [0.25, 0.3) is 0 Å². The largest absolute Gasteiger partial charge is 0.444 e. The average molecular weight is 239 g/mol. The highest BCUT2D eigenvalue weighted by molar-refractivity contribution is 5.68. The topological polar surface area (TPSA) is 67.0 Å². The molecule has 1 aromatic heterocycles. The lowest BCUT2D eigenvalue weighted by Crippen LogP contribution is -2.35. The van der Waals surface area contributed by atoms with Crippen molar-refractivity contribution < 1.29 is 9.53 Å². The summed E-state index contributed by atoms with van der Waals surface area (Å²) in [5.74, 6) is 0.760. The Morgan fingerprint density at radius 2 is 2.24 bits per heavy atom. The highest BCUT2D eigenvalue weighted by atomic mass is 16.6. The number of nitrogens with zero attached hydrogens (tertiary/aromatic N) is 1. The van der Waals surface area contributed by atoms with Crippen LogP contribution in [0.2, 0.25) is 0 Å². The van der Waals surface area contributed by atoms with E-state index >= 15 is 0 Å². The first-order valence-corrected chi connectivity index (χ1v) is 5.83. The molecule has 96 valence electrons. The summed E-state index contributed by atoms with van der Waals surface area (Å²) >= 11 is 0. The number of nitrogens with one attached hydrogen (secondary N) is 2. The van der Waals surface area contributed by atoms with Gasteiger partial charge in [-0.2, -0.15) is 0 Å². The van der Waals surface area contributed by atoms with Crippen molar-refractivity contribution in [2.24, 2.45) is 0 Å². The van der Waals surface area contributed by atoms with E-state index in [1.165, 1.54) is 0 Å². The van der Waals surface area contributed by atoms with Gasteiger partial charge in [0.2, 0.25) is 0 Å². The first kappa shape index (κ1) is 13.5.